The van der Waals surface area contributed by atoms with Gasteiger partial charge in [-0.2, -0.15) is 0 Å². The monoisotopic (exact) mass is 290 g/mol. The Bertz CT molecular complexity index is 457. The van der Waals surface area contributed by atoms with Gasteiger partial charge in [-0.3, -0.25) is 4.90 Å². The molecule has 1 atom stereocenters. The Morgan fingerprint density at radius 2 is 2.00 bits per heavy atom. The van der Waals surface area contributed by atoms with Gasteiger partial charge in [-0.25, -0.2) is 0 Å². The molecule has 0 saturated carbocycles. The summed E-state index contributed by atoms with van der Waals surface area (Å²) in [6.07, 6.45) is 3.55. The number of benzene rings is 1. The predicted molar refractivity (Wildman–Crippen MR) is 88.8 cm³/mol. The standard InChI is InChI=1S/C18H30N2O/c1-14(2)13-20(11-10-19(3)4)18-7-5-6-15-12-16(21)8-9-17(15)18/h8-9,12,14,18,21H,5-7,10-11,13H2,1-4H3. The molecule has 0 heterocycles. The van der Waals surface area contributed by atoms with Crippen LogP contribution in [0.2, 0.25) is 0 Å². The molecule has 1 N–H and O–H groups in total. The number of aromatic hydroxyl groups is 1. The van der Waals surface area contributed by atoms with E-state index in [0.29, 0.717) is 17.7 Å². The Balaban J connectivity index is 2.20. The van der Waals surface area contributed by atoms with Crippen molar-refractivity contribution in [2.75, 3.05) is 33.7 Å². The zero-order valence-corrected chi connectivity index (χ0v) is 14.0. The summed E-state index contributed by atoms with van der Waals surface area (Å²) < 4.78 is 0. The first-order chi connectivity index (χ1) is 9.97. The van der Waals surface area contributed by atoms with Crippen molar-refractivity contribution in [3.05, 3.63) is 29.3 Å². The molecule has 118 valence electrons. The SMILES string of the molecule is CC(C)CN(CCN(C)C)C1CCCc2cc(O)ccc21. The van der Waals surface area contributed by atoms with Crippen LogP contribution in [0.15, 0.2) is 18.2 Å². The fraction of sp³-hybridized carbons (Fsp3) is 0.667. The lowest BCUT2D eigenvalue weighted by atomic mass is 9.86. The summed E-state index contributed by atoms with van der Waals surface area (Å²) in [5.41, 5.74) is 2.77. The van der Waals surface area contributed by atoms with Crippen LogP contribution in [0, 0.1) is 5.92 Å². The van der Waals surface area contributed by atoms with Gasteiger partial charge in [-0.15, -0.1) is 0 Å². The maximum absolute atomic E-state index is 9.71. The number of rotatable bonds is 6. The molecule has 1 unspecified atom stereocenters. The Labute approximate surface area is 129 Å². The molecule has 0 radical (unpaired) electrons. The highest BCUT2D eigenvalue weighted by molar-refractivity contribution is 5.38. The Kier molecular flexibility index (Phi) is 5.65. The first-order valence-corrected chi connectivity index (χ1v) is 8.18. The Morgan fingerprint density at radius 3 is 2.67 bits per heavy atom. The average molecular weight is 290 g/mol. The quantitative estimate of drug-likeness (QED) is 0.871. The molecule has 0 aromatic heterocycles. The normalized spacial score (nSPS) is 18.5. The van der Waals surface area contributed by atoms with Crippen LogP contribution >= 0.6 is 0 Å². The largest absolute Gasteiger partial charge is 0.508 e. The van der Waals surface area contributed by atoms with Gasteiger partial charge in [0.2, 0.25) is 0 Å². The third-order valence-corrected chi connectivity index (χ3v) is 4.28. The van der Waals surface area contributed by atoms with Crippen molar-refractivity contribution in [1.29, 1.82) is 0 Å². The second-order valence-corrected chi connectivity index (χ2v) is 6.98. The van der Waals surface area contributed by atoms with E-state index in [1.54, 1.807) is 0 Å². The van der Waals surface area contributed by atoms with Gasteiger partial charge >= 0.3 is 0 Å². The third kappa shape index (κ3) is 4.45. The summed E-state index contributed by atoms with van der Waals surface area (Å²) in [4.78, 5) is 4.90. The third-order valence-electron chi connectivity index (χ3n) is 4.28. The van der Waals surface area contributed by atoms with E-state index in [2.05, 4.69) is 43.8 Å². The Morgan fingerprint density at radius 1 is 1.24 bits per heavy atom. The molecule has 3 nitrogen and oxygen atoms in total. The van der Waals surface area contributed by atoms with Crippen molar-refractivity contribution in [3.8, 4) is 5.75 Å². The molecule has 21 heavy (non-hydrogen) atoms. The van der Waals surface area contributed by atoms with Crippen molar-refractivity contribution in [2.24, 2.45) is 5.92 Å². The van der Waals surface area contributed by atoms with Crippen LogP contribution in [0.1, 0.15) is 43.9 Å². The van der Waals surface area contributed by atoms with Crippen molar-refractivity contribution in [2.45, 2.75) is 39.2 Å². The fourth-order valence-corrected chi connectivity index (χ4v) is 3.33. The molecule has 1 aromatic carbocycles. The van der Waals surface area contributed by atoms with Crippen LogP contribution < -0.4 is 0 Å². The zero-order chi connectivity index (χ0) is 15.4. The number of phenolic OH excluding ortho intramolecular Hbond substituents is 1. The van der Waals surface area contributed by atoms with Gasteiger partial charge < -0.3 is 10.0 Å². The lowest BCUT2D eigenvalue weighted by molar-refractivity contribution is 0.146. The van der Waals surface area contributed by atoms with Gasteiger partial charge in [0, 0.05) is 25.7 Å². The average Bonchev–Trinajstić information content (AvgIpc) is 2.42. The van der Waals surface area contributed by atoms with Crippen molar-refractivity contribution in [1.82, 2.24) is 9.80 Å². The highest BCUT2D eigenvalue weighted by Gasteiger charge is 2.26. The van der Waals surface area contributed by atoms with E-state index in [1.807, 2.05) is 12.1 Å². The molecule has 1 aliphatic rings. The van der Waals surface area contributed by atoms with Crippen LogP contribution in [-0.4, -0.2) is 48.6 Å². The maximum Gasteiger partial charge on any atom is 0.115 e. The molecule has 0 aliphatic heterocycles. The topological polar surface area (TPSA) is 26.7 Å². The van der Waals surface area contributed by atoms with E-state index in [1.165, 1.54) is 24.0 Å². The number of fused-ring (bicyclic) bond motifs is 1. The molecule has 0 bridgehead atoms. The summed E-state index contributed by atoms with van der Waals surface area (Å²) in [5.74, 6) is 1.08. The number of hydrogen-bond donors (Lipinski definition) is 1. The lowest BCUT2D eigenvalue weighted by Gasteiger charge is -2.37. The lowest BCUT2D eigenvalue weighted by Crippen LogP contribution is -2.38. The summed E-state index contributed by atoms with van der Waals surface area (Å²) in [5, 5.41) is 9.71. The molecular formula is C18H30N2O. The molecule has 0 amide bonds. The molecule has 2 rings (SSSR count). The van der Waals surface area contributed by atoms with Gasteiger partial charge in [-0.05, 0) is 62.5 Å². The highest BCUT2D eigenvalue weighted by atomic mass is 16.3. The van der Waals surface area contributed by atoms with E-state index in [0.717, 1.165) is 26.1 Å². The highest BCUT2D eigenvalue weighted by Crippen LogP contribution is 2.36. The van der Waals surface area contributed by atoms with E-state index >= 15 is 0 Å². The predicted octanol–water partition coefficient (Wildman–Crippen LogP) is 3.29. The van der Waals surface area contributed by atoms with Crippen LogP contribution in [-0.2, 0) is 6.42 Å². The minimum absolute atomic E-state index is 0.401. The summed E-state index contributed by atoms with van der Waals surface area (Å²) >= 11 is 0. The minimum Gasteiger partial charge on any atom is -0.508 e. The molecule has 1 aliphatic carbocycles. The molecule has 3 heteroatoms. The van der Waals surface area contributed by atoms with Gasteiger partial charge in [-0.1, -0.05) is 19.9 Å². The van der Waals surface area contributed by atoms with Crippen LogP contribution in [0.25, 0.3) is 0 Å². The first kappa shape index (κ1) is 16.3. The molecule has 0 fully saturated rings. The molecule has 0 spiro atoms. The van der Waals surface area contributed by atoms with Crippen molar-refractivity contribution >= 4 is 0 Å². The number of likely N-dealkylation sites (N-methyl/N-ethyl adjacent to an activating group) is 1. The zero-order valence-electron chi connectivity index (χ0n) is 14.0. The summed E-state index contributed by atoms with van der Waals surface area (Å²) in [6.45, 7) is 7.93. The van der Waals surface area contributed by atoms with Gasteiger partial charge in [0.25, 0.3) is 0 Å². The molecular weight excluding hydrogens is 260 g/mol. The van der Waals surface area contributed by atoms with Crippen LogP contribution in [0.3, 0.4) is 0 Å². The Hall–Kier alpha value is -1.06. The van der Waals surface area contributed by atoms with Crippen LogP contribution in [0.4, 0.5) is 0 Å². The number of nitrogens with zero attached hydrogens (tertiary/aromatic N) is 2. The van der Waals surface area contributed by atoms with Gasteiger partial charge in [0.15, 0.2) is 0 Å². The van der Waals surface area contributed by atoms with Gasteiger partial charge in [0.1, 0.15) is 5.75 Å². The minimum atomic E-state index is 0.401. The molecule has 1 aromatic rings. The first-order valence-electron chi connectivity index (χ1n) is 8.18. The number of aryl methyl sites for hydroxylation is 1. The summed E-state index contributed by atoms with van der Waals surface area (Å²) in [7, 11) is 4.28. The van der Waals surface area contributed by atoms with E-state index in [9.17, 15) is 5.11 Å². The second kappa shape index (κ2) is 7.28. The van der Waals surface area contributed by atoms with E-state index in [4.69, 9.17) is 0 Å². The van der Waals surface area contributed by atoms with E-state index in [-0.39, 0.29) is 0 Å². The van der Waals surface area contributed by atoms with Gasteiger partial charge in [0.05, 0.1) is 0 Å². The smallest absolute Gasteiger partial charge is 0.115 e. The fourth-order valence-electron chi connectivity index (χ4n) is 3.33. The maximum atomic E-state index is 9.71. The second-order valence-electron chi connectivity index (χ2n) is 6.98. The summed E-state index contributed by atoms with van der Waals surface area (Å²) in [6, 6.07) is 6.45. The van der Waals surface area contributed by atoms with Crippen molar-refractivity contribution < 1.29 is 5.11 Å². The van der Waals surface area contributed by atoms with Crippen molar-refractivity contribution in [3.63, 3.8) is 0 Å². The van der Waals surface area contributed by atoms with E-state index < -0.39 is 0 Å². The number of hydrogen-bond acceptors (Lipinski definition) is 3. The van der Waals surface area contributed by atoms with Crippen LogP contribution in [0.5, 0.6) is 5.75 Å². The molecule has 0 saturated heterocycles. The number of phenols is 1.